The lowest BCUT2D eigenvalue weighted by atomic mass is 9.84. The maximum atomic E-state index is 13.7. The number of amidine groups is 1. The number of fused-ring (bicyclic) bond motifs is 1. The topological polar surface area (TPSA) is 149 Å². The molecule has 1 aliphatic heterocycles. The number of benzene rings is 2. The summed E-state index contributed by atoms with van der Waals surface area (Å²) in [5, 5.41) is 29.3. The minimum Gasteiger partial charge on any atom is -0.494 e. The standard InChI is InChI=1S/C33H41N5O5/c1-6-41-28-18-24-20-38(32(36)25(24)15-23(28)19-30(40)37-5)21-27(39)22-16-26(33(2,3)4)31(43-14-10-8-12-35)29(17-22)42-13-9-7-11-34/h15-18,36H,6-10,13-14,19-21H2,1-5H3,(H,37,40). The molecule has 0 radical (unpaired) electrons. The lowest BCUT2D eigenvalue weighted by Gasteiger charge is -2.26. The van der Waals surface area contributed by atoms with E-state index in [-0.39, 0.29) is 42.5 Å². The summed E-state index contributed by atoms with van der Waals surface area (Å²) in [5.74, 6) is 1.43. The van der Waals surface area contributed by atoms with Crippen molar-refractivity contribution in [2.45, 2.75) is 71.8 Å². The summed E-state index contributed by atoms with van der Waals surface area (Å²) >= 11 is 0. The second kappa shape index (κ2) is 15.1. The second-order valence-electron chi connectivity index (χ2n) is 11.3. The molecule has 10 heteroatoms. The van der Waals surface area contributed by atoms with E-state index >= 15 is 0 Å². The van der Waals surface area contributed by atoms with Crippen molar-refractivity contribution in [1.82, 2.24) is 10.2 Å². The molecule has 2 aromatic rings. The molecule has 0 aromatic heterocycles. The average molecular weight is 588 g/mol. The SMILES string of the molecule is CCOc1cc2c(cc1CC(=O)NC)C(=N)N(CC(=O)c1cc(OCCCC#N)c(OCCCC#N)c(C(C)(C)C)c1)C2. The molecule has 0 spiro atoms. The number of Topliss-reactive ketones (excluding diaryl/α,β-unsaturated/α-hetero) is 1. The van der Waals surface area contributed by atoms with Crippen LogP contribution in [0.2, 0.25) is 0 Å². The third-order valence-electron chi connectivity index (χ3n) is 7.04. The van der Waals surface area contributed by atoms with E-state index in [0.29, 0.717) is 79.4 Å². The van der Waals surface area contributed by atoms with Crippen molar-refractivity contribution in [3.63, 3.8) is 0 Å². The molecule has 3 rings (SSSR count). The van der Waals surface area contributed by atoms with Crippen molar-refractivity contribution in [3.8, 4) is 29.4 Å². The van der Waals surface area contributed by atoms with Crippen LogP contribution >= 0.6 is 0 Å². The number of ketones is 1. The van der Waals surface area contributed by atoms with Gasteiger partial charge in [-0.1, -0.05) is 20.8 Å². The van der Waals surface area contributed by atoms with Crippen LogP contribution in [0.3, 0.4) is 0 Å². The van der Waals surface area contributed by atoms with Crippen molar-refractivity contribution in [1.29, 1.82) is 15.9 Å². The van der Waals surface area contributed by atoms with Gasteiger partial charge in [-0.2, -0.15) is 10.5 Å². The molecule has 0 saturated carbocycles. The maximum absolute atomic E-state index is 13.7. The number of nitrogens with zero attached hydrogens (tertiary/aromatic N) is 3. The Balaban J connectivity index is 1.91. The van der Waals surface area contributed by atoms with Crippen LogP contribution in [0, 0.1) is 28.1 Å². The largest absolute Gasteiger partial charge is 0.494 e. The number of likely N-dealkylation sites (N-methyl/N-ethyl adjacent to an activating group) is 1. The number of ether oxygens (including phenoxy) is 3. The van der Waals surface area contributed by atoms with Crippen molar-refractivity contribution >= 4 is 17.5 Å². The van der Waals surface area contributed by atoms with Gasteiger partial charge in [0.15, 0.2) is 17.3 Å². The molecule has 1 amide bonds. The highest BCUT2D eigenvalue weighted by molar-refractivity contribution is 6.06. The number of carbonyl (C=O) groups is 2. The van der Waals surface area contributed by atoms with E-state index in [1.807, 2.05) is 45.9 Å². The minimum absolute atomic E-state index is 0.0257. The zero-order valence-corrected chi connectivity index (χ0v) is 25.8. The van der Waals surface area contributed by atoms with Crippen LogP contribution in [-0.4, -0.2) is 55.8 Å². The molecule has 0 fully saturated rings. The van der Waals surface area contributed by atoms with E-state index in [0.717, 1.165) is 11.1 Å². The van der Waals surface area contributed by atoms with Gasteiger partial charge in [-0.25, -0.2) is 0 Å². The number of nitriles is 2. The number of unbranched alkanes of at least 4 members (excludes halogenated alkanes) is 2. The van der Waals surface area contributed by atoms with E-state index in [9.17, 15) is 9.59 Å². The Morgan fingerprint density at radius 3 is 2.28 bits per heavy atom. The van der Waals surface area contributed by atoms with Crippen LogP contribution in [0.4, 0.5) is 0 Å². The summed E-state index contributed by atoms with van der Waals surface area (Å²) in [7, 11) is 1.58. The molecule has 2 N–H and O–H groups in total. The highest BCUT2D eigenvalue weighted by atomic mass is 16.5. The quantitative estimate of drug-likeness (QED) is 0.217. The van der Waals surface area contributed by atoms with Crippen molar-refractivity contribution in [2.24, 2.45) is 0 Å². The smallest absolute Gasteiger partial charge is 0.224 e. The Labute approximate surface area is 254 Å². The number of hydrogen-bond acceptors (Lipinski definition) is 8. The van der Waals surface area contributed by atoms with Crippen molar-refractivity contribution in [3.05, 3.63) is 52.1 Å². The predicted molar refractivity (Wildman–Crippen MR) is 163 cm³/mol. The van der Waals surface area contributed by atoms with Crippen LogP contribution in [0.25, 0.3) is 0 Å². The maximum Gasteiger partial charge on any atom is 0.224 e. The third-order valence-corrected chi connectivity index (χ3v) is 7.04. The first-order chi connectivity index (χ1) is 20.5. The van der Waals surface area contributed by atoms with Crippen LogP contribution in [0.1, 0.15) is 86.0 Å². The molecule has 1 aliphatic rings. The van der Waals surface area contributed by atoms with Gasteiger partial charge in [-0.15, -0.1) is 0 Å². The molecule has 0 bridgehead atoms. The van der Waals surface area contributed by atoms with Gasteiger partial charge in [0.25, 0.3) is 0 Å². The van der Waals surface area contributed by atoms with Gasteiger partial charge in [0.2, 0.25) is 5.91 Å². The van der Waals surface area contributed by atoms with Crippen LogP contribution in [0.15, 0.2) is 24.3 Å². The fraction of sp³-hybridized carbons (Fsp3) is 0.485. The molecule has 1 heterocycles. The first kappa shape index (κ1) is 32.9. The summed E-state index contributed by atoms with van der Waals surface area (Å²) in [6.45, 7) is 9.34. The minimum atomic E-state index is -0.390. The van der Waals surface area contributed by atoms with E-state index in [1.165, 1.54) is 0 Å². The lowest BCUT2D eigenvalue weighted by molar-refractivity contribution is -0.119. The Kier molecular flexibility index (Phi) is 11.5. The summed E-state index contributed by atoms with van der Waals surface area (Å²) in [4.78, 5) is 27.6. The Morgan fingerprint density at radius 2 is 1.67 bits per heavy atom. The Morgan fingerprint density at radius 1 is 1.00 bits per heavy atom. The fourth-order valence-corrected chi connectivity index (χ4v) is 4.80. The van der Waals surface area contributed by atoms with Crippen LogP contribution < -0.4 is 19.5 Å². The van der Waals surface area contributed by atoms with Gasteiger partial charge < -0.3 is 24.4 Å². The van der Waals surface area contributed by atoms with Gasteiger partial charge >= 0.3 is 0 Å². The first-order valence-electron chi connectivity index (χ1n) is 14.6. The molecular formula is C33H41N5O5. The summed E-state index contributed by atoms with van der Waals surface area (Å²) in [6, 6.07) is 11.4. The zero-order chi connectivity index (χ0) is 31.6. The van der Waals surface area contributed by atoms with E-state index in [4.69, 9.17) is 30.1 Å². The molecule has 10 nitrogen and oxygen atoms in total. The third kappa shape index (κ3) is 8.48. The molecule has 0 atom stereocenters. The number of hydrogen-bond donors (Lipinski definition) is 2. The average Bonchev–Trinajstić information content (AvgIpc) is 3.26. The highest BCUT2D eigenvalue weighted by Gasteiger charge is 2.30. The highest BCUT2D eigenvalue weighted by Crippen LogP contribution is 2.41. The van der Waals surface area contributed by atoms with Crippen molar-refractivity contribution < 1.29 is 23.8 Å². The number of rotatable bonds is 15. The summed E-state index contributed by atoms with van der Waals surface area (Å²) in [5.41, 5.74) is 3.07. The predicted octanol–water partition coefficient (Wildman–Crippen LogP) is 5.06. The molecule has 0 unspecified atom stereocenters. The van der Waals surface area contributed by atoms with Crippen LogP contribution in [-0.2, 0) is 23.2 Å². The molecule has 2 aromatic carbocycles. The van der Waals surface area contributed by atoms with Gasteiger partial charge in [-0.3, -0.25) is 15.0 Å². The number of carbonyl (C=O) groups excluding carboxylic acids is 2. The van der Waals surface area contributed by atoms with Gasteiger partial charge in [0.05, 0.1) is 44.9 Å². The molecule has 228 valence electrons. The zero-order valence-electron chi connectivity index (χ0n) is 25.8. The lowest BCUT2D eigenvalue weighted by Crippen LogP contribution is -2.30. The van der Waals surface area contributed by atoms with E-state index < -0.39 is 0 Å². The van der Waals surface area contributed by atoms with E-state index in [1.54, 1.807) is 18.0 Å². The molecule has 43 heavy (non-hydrogen) atoms. The van der Waals surface area contributed by atoms with Gasteiger partial charge in [-0.05, 0) is 55.0 Å². The normalized spacial score (nSPS) is 12.3. The van der Waals surface area contributed by atoms with E-state index in [2.05, 4.69) is 17.5 Å². The summed E-state index contributed by atoms with van der Waals surface area (Å²) in [6.07, 6.45) is 1.92. The van der Waals surface area contributed by atoms with Crippen LogP contribution in [0.5, 0.6) is 17.2 Å². The van der Waals surface area contributed by atoms with Crippen molar-refractivity contribution in [2.75, 3.05) is 33.4 Å². The summed E-state index contributed by atoms with van der Waals surface area (Å²) < 4.78 is 18.0. The second-order valence-corrected chi connectivity index (χ2v) is 11.3. The molecule has 0 saturated heterocycles. The number of nitrogens with one attached hydrogen (secondary N) is 2. The first-order valence-corrected chi connectivity index (χ1v) is 14.6. The Bertz CT molecular complexity index is 1430. The van der Waals surface area contributed by atoms with Gasteiger partial charge in [0, 0.05) is 48.7 Å². The fourth-order valence-electron chi connectivity index (χ4n) is 4.80. The molecular weight excluding hydrogens is 546 g/mol. The number of amides is 1. The monoisotopic (exact) mass is 587 g/mol. The molecule has 0 aliphatic carbocycles. The van der Waals surface area contributed by atoms with Gasteiger partial charge in [0.1, 0.15) is 11.6 Å². The Hall–Kier alpha value is -4.57.